The molecule has 0 saturated carbocycles. The van der Waals surface area contributed by atoms with Crippen LogP contribution in [0.25, 0.3) is 0 Å². The summed E-state index contributed by atoms with van der Waals surface area (Å²) in [6, 6.07) is 12.6. The molecule has 136 valence electrons. The highest BCUT2D eigenvalue weighted by Gasteiger charge is 2.15. The van der Waals surface area contributed by atoms with Gasteiger partial charge in [-0.05, 0) is 24.3 Å². The number of methoxy groups -OCH3 is 1. The van der Waals surface area contributed by atoms with Gasteiger partial charge >= 0.3 is 0 Å². The molecule has 0 fully saturated rings. The van der Waals surface area contributed by atoms with Crippen LogP contribution < -0.4 is 24.8 Å². The second-order valence-corrected chi connectivity index (χ2v) is 5.67. The molecule has 2 aromatic carbocycles. The summed E-state index contributed by atoms with van der Waals surface area (Å²) in [5.41, 5.74) is 1.59. The lowest BCUT2D eigenvalue weighted by molar-refractivity contribution is 0.102. The zero-order valence-corrected chi connectivity index (χ0v) is 14.4. The lowest BCUT2D eigenvalue weighted by Crippen LogP contribution is -2.14. The molecule has 8 heteroatoms. The summed E-state index contributed by atoms with van der Waals surface area (Å²) in [6.07, 6.45) is 2.90. The summed E-state index contributed by atoms with van der Waals surface area (Å²) in [4.78, 5) is 20.7. The van der Waals surface area contributed by atoms with E-state index in [4.69, 9.17) is 14.2 Å². The molecule has 0 spiro atoms. The number of fused-ring (bicyclic) bond motifs is 1. The van der Waals surface area contributed by atoms with Crippen molar-refractivity contribution in [2.45, 2.75) is 0 Å². The van der Waals surface area contributed by atoms with Gasteiger partial charge in [0.15, 0.2) is 11.5 Å². The molecular formula is C19H16N4O4. The van der Waals surface area contributed by atoms with Crippen LogP contribution in [0.15, 0.2) is 54.9 Å². The van der Waals surface area contributed by atoms with Gasteiger partial charge in [0.1, 0.15) is 17.3 Å². The number of carbonyl (C=O) groups excluding carboxylic acids is 1. The Morgan fingerprint density at radius 2 is 1.93 bits per heavy atom. The van der Waals surface area contributed by atoms with Crippen molar-refractivity contribution in [2.75, 3.05) is 24.5 Å². The number of hydrogen-bond donors (Lipinski definition) is 2. The molecule has 8 nitrogen and oxygen atoms in total. The van der Waals surface area contributed by atoms with Crippen molar-refractivity contribution in [3.63, 3.8) is 0 Å². The van der Waals surface area contributed by atoms with Gasteiger partial charge in [-0.1, -0.05) is 6.07 Å². The molecular weight excluding hydrogens is 348 g/mol. The molecule has 1 aromatic heterocycles. The Hall–Kier alpha value is -3.81. The average Bonchev–Trinajstić information content (AvgIpc) is 3.16. The smallest absolute Gasteiger partial charge is 0.275 e. The summed E-state index contributed by atoms with van der Waals surface area (Å²) >= 11 is 0. The number of benzene rings is 2. The molecule has 0 radical (unpaired) electrons. The van der Waals surface area contributed by atoms with Gasteiger partial charge in [-0.25, -0.2) is 9.97 Å². The molecule has 0 bridgehead atoms. The Morgan fingerprint density at radius 1 is 1.04 bits per heavy atom. The van der Waals surface area contributed by atoms with E-state index >= 15 is 0 Å². The Bertz CT molecular complexity index is 976. The van der Waals surface area contributed by atoms with Gasteiger partial charge in [0, 0.05) is 23.5 Å². The Kier molecular flexibility index (Phi) is 4.44. The number of amides is 1. The van der Waals surface area contributed by atoms with Crippen LogP contribution in [0.2, 0.25) is 0 Å². The molecule has 0 saturated heterocycles. The fraction of sp³-hybridized carbons (Fsp3) is 0.105. The molecule has 2 N–H and O–H groups in total. The highest BCUT2D eigenvalue weighted by atomic mass is 16.7. The van der Waals surface area contributed by atoms with Crippen LogP contribution in [-0.4, -0.2) is 29.8 Å². The fourth-order valence-electron chi connectivity index (χ4n) is 2.53. The first-order valence-electron chi connectivity index (χ1n) is 8.15. The monoisotopic (exact) mass is 364 g/mol. The third-order valence-electron chi connectivity index (χ3n) is 3.86. The highest BCUT2D eigenvalue weighted by molar-refractivity contribution is 6.02. The molecule has 4 rings (SSSR count). The summed E-state index contributed by atoms with van der Waals surface area (Å²) in [6.45, 7) is 0.181. The molecule has 0 unspecified atom stereocenters. The molecule has 1 aliphatic rings. The van der Waals surface area contributed by atoms with Crippen LogP contribution >= 0.6 is 0 Å². The lowest BCUT2D eigenvalue weighted by atomic mass is 10.2. The maximum absolute atomic E-state index is 12.3. The largest absolute Gasteiger partial charge is 0.497 e. The Balaban J connectivity index is 1.43. The first-order chi connectivity index (χ1) is 13.2. The van der Waals surface area contributed by atoms with E-state index in [1.54, 1.807) is 25.3 Å². The van der Waals surface area contributed by atoms with Crippen molar-refractivity contribution in [2.24, 2.45) is 0 Å². The molecule has 1 aliphatic heterocycles. The van der Waals surface area contributed by atoms with Crippen molar-refractivity contribution in [3.8, 4) is 17.2 Å². The van der Waals surface area contributed by atoms with Crippen molar-refractivity contribution in [1.29, 1.82) is 0 Å². The number of carbonyl (C=O) groups is 1. The highest BCUT2D eigenvalue weighted by Crippen LogP contribution is 2.34. The van der Waals surface area contributed by atoms with E-state index < -0.39 is 0 Å². The summed E-state index contributed by atoms with van der Waals surface area (Å²) in [5, 5.41) is 5.87. The maximum atomic E-state index is 12.3. The van der Waals surface area contributed by atoms with E-state index in [-0.39, 0.29) is 18.4 Å². The number of aromatic nitrogens is 2. The van der Waals surface area contributed by atoms with Gasteiger partial charge in [0.2, 0.25) is 6.79 Å². The minimum Gasteiger partial charge on any atom is -0.497 e. The minimum absolute atomic E-state index is 0.181. The number of nitrogens with zero attached hydrogens (tertiary/aromatic N) is 2. The predicted molar refractivity (Wildman–Crippen MR) is 98.8 cm³/mol. The second kappa shape index (κ2) is 7.20. The van der Waals surface area contributed by atoms with E-state index in [0.29, 0.717) is 23.0 Å². The number of hydrogen-bond acceptors (Lipinski definition) is 7. The van der Waals surface area contributed by atoms with Crippen LogP contribution in [0, 0.1) is 0 Å². The van der Waals surface area contributed by atoms with E-state index in [1.807, 2.05) is 24.3 Å². The van der Waals surface area contributed by atoms with Crippen LogP contribution in [-0.2, 0) is 0 Å². The van der Waals surface area contributed by atoms with E-state index in [1.165, 1.54) is 12.4 Å². The number of rotatable bonds is 5. The van der Waals surface area contributed by atoms with Gasteiger partial charge < -0.3 is 24.8 Å². The fourth-order valence-corrected chi connectivity index (χ4v) is 2.53. The molecule has 0 aliphatic carbocycles. The maximum Gasteiger partial charge on any atom is 0.275 e. The van der Waals surface area contributed by atoms with Gasteiger partial charge in [0.05, 0.1) is 19.5 Å². The summed E-state index contributed by atoms with van der Waals surface area (Å²) < 4.78 is 15.7. The second-order valence-electron chi connectivity index (χ2n) is 5.67. The third-order valence-corrected chi connectivity index (χ3v) is 3.86. The topological polar surface area (TPSA) is 94.6 Å². The van der Waals surface area contributed by atoms with Gasteiger partial charge in [-0.3, -0.25) is 4.79 Å². The third kappa shape index (κ3) is 3.74. The zero-order valence-electron chi connectivity index (χ0n) is 14.4. The van der Waals surface area contributed by atoms with Crippen molar-refractivity contribution >= 4 is 23.1 Å². The van der Waals surface area contributed by atoms with Crippen molar-refractivity contribution < 1.29 is 19.0 Å². The van der Waals surface area contributed by atoms with Crippen molar-refractivity contribution in [3.05, 3.63) is 60.6 Å². The van der Waals surface area contributed by atoms with Gasteiger partial charge in [-0.15, -0.1) is 0 Å². The van der Waals surface area contributed by atoms with Crippen LogP contribution in [0.3, 0.4) is 0 Å². The molecule has 1 amide bonds. The normalized spacial score (nSPS) is 11.7. The van der Waals surface area contributed by atoms with E-state index in [9.17, 15) is 4.79 Å². The van der Waals surface area contributed by atoms with Gasteiger partial charge in [0.25, 0.3) is 5.91 Å². The van der Waals surface area contributed by atoms with Crippen molar-refractivity contribution in [1.82, 2.24) is 9.97 Å². The van der Waals surface area contributed by atoms with E-state index in [0.717, 1.165) is 11.4 Å². The molecule has 2 heterocycles. The summed E-state index contributed by atoms with van der Waals surface area (Å²) in [7, 11) is 1.60. The molecule has 27 heavy (non-hydrogen) atoms. The summed E-state index contributed by atoms with van der Waals surface area (Å²) in [5.74, 6) is 2.13. The predicted octanol–water partition coefficient (Wildman–Crippen LogP) is 3.21. The van der Waals surface area contributed by atoms with Gasteiger partial charge in [-0.2, -0.15) is 0 Å². The van der Waals surface area contributed by atoms with E-state index in [2.05, 4.69) is 20.6 Å². The van der Waals surface area contributed by atoms with Crippen LogP contribution in [0.1, 0.15) is 10.5 Å². The van der Waals surface area contributed by atoms with Crippen LogP contribution in [0.5, 0.6) is 17.2 Å². The number of ether oxygens (including phenoxy) is 3. The first kappa shape index (κ1) is 16.6. The Morgan fingerprint density at radius 3 is 2.74 bits per heavy atom. The SMILES string of the molecule is COc1cccc(Nc2cnc(C(=O)Nc3ccc4c(c3)OCO4)cn2)c1. The zero-order chi connectivity index (χ0) is 18.6. The average molecular weight is 364 g/mol. The quantitative estimate of drug-likeness (QED) is 0.718. The first-order valence-corrected chi connectivity index (χ1v) is 8.15. The van der Waals surface area contributed by atoms with Crippen LogP contribution in [0.4, 0.5) is 17.2 Å². The Labute approximate surface area is 155 Å². The lowest BCUT2D eigenvalue weighted by Gasteiger charge is -2.08. The minimum atomic E-state index is -0.366. The molecule has 3 aromatic rings. The number of anilines is 3. The molecule has 0 atom stereocenters. The standard InChI is InChI=1S/C19H16N4O4/c1-25-14-4-2-3-12(7-14)22-18-10-20-15(9-21-18)19(24)23-13-5-6-16-17(8-13)27-11-26-16/h2-10H,11H2,1H3,(H,21,22)(H,23,24). The number of nitrogens with one attached hydrogen (secondary N) is 2.